The van der Waals surface area contributed by atoms with Gasteiger partial charge in [0.05, 0.1) is 24.5 Å². The molecule has 1 aliphatic rings. The minimum Gasteiger partial charge on any atom is -0.324 e. The number of benzene rings is 2. The van der Waals surface area contributed by atoms with Crippen LogP contribution in [0.2, 0.25) is 5.02 Å². The molecular weight excluding hydrogens is 546 g/mol. The molecule has 9 heteroatoms. The van der Waals surface area contributed by atoms with E-state index in [0.717, 1.165) is 47.8 Å². The summed E-state index contributed by atoms with van der Waals surface area (Å²) in [5.74, 6) is 7.25. The first-order valence-electron chi connectivity index (χ1n) is 14.0. The van der Waals surface area contributed by atoms with E-state index >= 15 is 0 Å². The van der Waals surface area contributed by atoms with Gasteiger partial charge in [-0.3, -0.25) is 9.36 Å². The molecule has 0 saturated carbocycles. The van der Waals surface area contributed by atoms with Crippen LogP contribution in [0, 0.1) is 24.7 Å². The van der Waals surface area contributed by atoms with E-state index in [1.54, 1.807) is 41.4 Å². The lowest BCUT2D eigenvalue weighted by atomic mass is 9.91. The fourth-order valence-electron chi connectivity index (χ4n) is 5.14. The standard InChI is InChI=1S/C33H30ClN7O/c1-22-18-37-38-20-28(22)21-41-31-27(17-26(32(41)42)7-2-23-3-8-29(34)9-4-23)19-36-33(40-31)39-30-10-5-24(6-11-30)16-25-12-14-35-15-13-25/h3-6,8-11,17-20,25,35H,12-16,21H2,1H3,(H,36,39,40). The van der Waals surface area contributed by atoms with Crippen LogP contribution in [0.25, 0.3) is 11.0 Å². The SMILES string of the molecule is Cc1cnncc1Cn1c(=O)c(C#Cc2ccc(Cl)cc2)cc2cnc(Nc3ccc(CC4CCNCC4)cc3)nc21. The summed E-state index contributed by atoms with van der Waals surface area (Å²) in [6, 6.07) is 17.4. The lowest BCUT2D eigenvalue weighted by Gasteiger charge is -2.22. The third-order valence-corrected chi connectivity index (χ3v) is 7.82. The van der Waals surface area contributed by atoms with Gasteiger partial charge in [0.15, 0.2) is 0 Å². The topological polar surface area (TPSA) is 97.6 Å². The Morgan fingerprint density at radius 3 is 2.52 bits per heavy atom. The lowest BCUT2D eigenvalue weighted by molar-refractivity contribution is 0.372. The zero-order chi connectivity index (χ0) is 28.9. The van der Waals surface area contributed by atoms with Crippen LogP contribution in [0.1, 0.15) is 40.7 Å². The second kappa shape index (κ2) is 12.5. The molecule has 8 nitrogen and oxygen atoms in total. The number of halogens is 1. The van der Waals surface area contributed by atoms with Crippen molar-refractivity contribution in [2.75, 3.05) is 18.4 Å². The molecule has 4 heterocycles. The summed E-state index contributed by atoms with van der Waals surface area (Å²) in [6.45, 7) is 4.41. The molecule has 6 rings (SSSR count). The van der Waals surface area contributed by atoms with Gasteiger partial charge in [-0.1, -0.05) is 35.6 Å². The number of aromatic nitrogens is 5. The van der Waals surface area contributed by atoms with Crippen LogP contribution >= 0.6 is 11.6 Å². The molecule has 0 bridgehead atoms. The summed E-state index contributed by atoms with van der Waals surface area (Å²) in [6.07, 6.45) is 8.60. The second-order valence-corrected chi connectivity index (χ2v) is 11.0. The van der Waals surface area contributed by atoms with Crippen LogP contribution < -0.4 is 16.2 Å². The molecule has 3 aromatic heterocycles. The molecule has 1 saturated heterocycles. The molecule has 0 radical (unpaired) electrons. The first-order valence-corrected chi connectivity index (χ1v) is 14.4. The molecule has 210 valence electrons. The Bertz CT molecular complexity index is 1830. The molecule has 5 aromatic rings. The van der Waals surface area contributed by atoms with Crippen LogP contribution in [-0.2, 0) is 13.0 Å². The Hall–Kier alpha value is -4.58. The summed E-state index contributed by atoms with van der Waals surface area (Å²) in [5, 5.41) is 16.0. The predicted octanol–water partition coefficient (Wildman–Crippen LogP) is 5.28. The van der Waals surface area contributed by atoms with Gasteiger partial charge in [0.2, 0.25) is 5.95 Å². The van der Waals surface area contributed by atoms with Gasteiger partial charge < -0.3 is 10.6 Å². The highest BCUT2D eigenvalue weighted by atomic mass is 35.5. The summed E-state index contributed by atoms with van der Waals surface area (Å²) < 4.78 is 1.63. The Morgan fingerprint density at radius 2 is 1.76 bits per heavy atom. The first-order chi connectivity index (χ1) is 20.5. The number of nitrogens with zero attached hydrogens (tertiary/aromatic N) is 5. The van der Waals surface area contributed by atoms with Crippen LogP contribution in [0.5, 0.6) is 0 Å². The Kier molecular flexibility index (Phi) is 8.22. The zero-order valence-corrected chi connectivity index (χ0v) is 24.0. The third kappa shape index (κ3) is 6.49. The molecule has 42 heavy (non-hydrogen) atoms. The fourth-order valence-corrected chi connectivity index (χ4v) is 5.27. The van der Waals surface area contributed by atoms with Gasteiger partial charge in [-0.25, -0.2) is 4.98 Å². The van der Waals surface area contributed by atoms with Crippen molar-refractivity contribution in [1.29, 1.82) is 0 Å². The third-order valence-electron chi connectivity index (χ3n) is 7.57. The minimum absolute atomic E-state index is 0.243. The van der Waals surface area contributed by atoms with E-state index < -0.39 is 0 Å². The number of fused-ring (bicyclic) bond motifs is 1. The molecule has 0 aliphatic carbocycles. The summed E-state index contributed by atoms with van der Waals surface area (Å²) in [7, 11) is 0. The van der Waals surface area contributed by atoms with Crippen LogP contribution in [0.3, 0.4) is 0 Å². The quantitative estimate of drug-likeness (QED) is 0.266. The van der Waals surface area contributed by atoms with Crippen molar-refractivity contribution in [3.05, 3.63) is 116 Å². The molecule has 0 unspecified atom stereocenters. The zero-order valence-electron chi connectivity index (χ0n) is 23.3. The predicted molar refractivity (Wildman–Crippen MR) is 166 cm³/mol. The Labute approximate surface area is 249 Å². The van der Waals surface area contributed by atoms with E-state index in [1.165, 1.54) is 18.4 Å². The van der Waals surface area contributed by atoms with E-state index in [-0.39, 0.29) is 12.1 Å². The summed E-state index contributed by atoms with van der Waals surface area (Å²) in [5.41, 5.74) is 5.39. The minimum atomic E-state index is -0.243. The van der Waals surface area contributed by atoms with E-state index in [2.05, 4.69) is 61.9 Å². The number of pyridine rings is 1. The maximum absolute atomic E-state index is 13.8. The maximum atomic E-state index is 13.8. The van der Waals surface area contributed by atoms with Gasteiger partial charge >= 0.3 is 0 Å². The molecule has 1 fully saturated rings. The fraction of sp³-hybridized carbons (Fsp3) is 0.242. The largest absolute Gasteiger partial charge is 0.324 e. The lowest BCUT2D eigenvalue weighted by Crippen LogP contribution is -2.28. The van der Waals surface area contributed by atoms with Crippen LogP contribution in [-0.4, -0.2) is 37.8 Å². The van der Waals surface area contributed by atoms with Crippen molar-refractivity contribution >= 4 is 34.3 Å². The molecule has 2 aromatic carbocycles. The highest BCUT2D eigenvalue weighted by molar-refractivity contribution is 6.30. The molecule has 0 spiro atoms. The highest BCUT2D eigenvalue weighted by Crippen LogP contribution is 2.22. The van der Waals surface area contributed by atoms with Crippen LogP contribution in [0.15, 0.2) is 78.0 Å². The van der Waals surface area contributed by atoms with Crippen molar-refractivity contribution in [3.8, 4) is 11.8 Å². The normalized spacial score (nSPS) is 13.5. The van der Waals surface area contributed by atoms with Crippen molar-refractivity contribution in [3.63, 3.8) is 0 Å². The molecule has 1 aliphatic heterocycles. The molecule has 2 N–H and O–H groups in total. The van der Waals surface area contributed by atoms with Gasteiger partial charge in [-0.15, -0.1) is 0 Å². The Balaban J connectivity index is 1.32. The number of piperidine rings is 1. The van der Waals surface area contributed by atoms with Gasteiger partial charge in [0, 0.05) is 27.9 Å². The average molecular weight is 576 g/mol. The van der Waals surface area contributed by atoms with Crippen molar-refractivity contribution in [1.82, 2.24) is 30.0 Å². The van der Waals surface area contributed by atoms with Gasteiger partial charge in [0.25, 0.3) is 5.56 Å². The number of hydrogen-bond donors (Lipinski definition) is 2. The van der Waals surface area contributed by atoms with Gasteiger partial charge in [-0.2, -0.15) is 15.2 Å². The molecule has 0 atom stereocenters. The summed E-state index contributed by atoms with van der Waals surface area (Å²) in [4.78, 5) is 23.1. The van der Waals surface area contributed by atoms with Gasteiger partial charge in [-0.05, 0) is 104 Å². The van der Waals surface area contributed by atoms with Crippen molar-refractivity contribution in [2.45, 2.75) is 32.7 Å². The Morgan fingerprint density at radius 1 is 1.00 bits per heavy atom. The number of anilines is 2. The van der Waals surface area contributed by atoms with E-state index in [4.69, 9.17) is 16.6 Å². The number of rotatable bonds is 6. The summed E-state index contributed by atoms with van der Waals surface area (Å²) >= 11 is 6.00. The van der Waals surface area contributed by atoms with Gasteiger partial charge in [0.1, 0.15) is 5.65 Å². The number of hydrogen-bond acceptors (Lipinski definition) is 7. The van der Waals surface area contributed by atoms with E-state index in [0.29, 0.717) is 27.6 Å². The van der Waals surface area contributed by atoms with Crippen LogP contribution in [0.4, 0.5) is 11.6 Å². The molecule has 0 amide bonds. The second-order valence-electron chi connectivity index (χ2n) is 10.6. The average Bonchev–Trinajstić information content (AvgIpc) is 3.01. The number of aryl methyl sites for hydroxylation is 1. The maximum Gasteiger partial charge on any atom is 0.268 e. The number of nitrogens with one attached hydrogen (secondary N) is 2. The smallest absolute Gasteiger partial charge is 0.268 e. The monoisotopic (exact) mass is 575 g/mol. The van der Waals surface area contributed by atoms with Crippen molar-refractivity contribution < 1.29 is 0 Å². The van der Waals surface area contributed by atoms with Crippen molar-refractivity contribution in [2.24, 2.45) is 5.92 Å². The highest BCUT2D eigenvalue weighted by Gasteiger charge is 2.15. The van der Waals surface area contributed by atoms with E-state index in [1.807, 2.05) is 19.1 Å². The first kappa shape index (κ1) is 27.6. The molecular formula is C33H30ClN7O. The van der Waals surface area contributed by atoms with E-state index in [9.17, 15) is 4.79 Å².